The molecule has 0 spiro atoms. The predicted molar refractivity (Wildman–Crippen MR) is 80.9 cm³/mol. The van der Waals surface area contributed by atoms with Gasteiger partial charge in [-0.15, -0.1) is 0 Å². The molecule has 3 N–H and O–H groups in total. The molecule has 0 amide bonds. The summed E-state index contributed by atoms with van der Waals surface area (Å²) in [5, 5.41) is 0. The number of nitrogen functional groups attached to an aromatic ring is 1. The van der Waals surface area contributed by atoms with E-state index >= 15 is 0 Å². The molecule has 114 valence electrons. The topological polar surface area (TPSA) is 84.7 Å². The van der Waals surface area contributed by atoms with Crippen molar-refractivity contribution in [3.05, 3.63) is 29.8 Å². The summed E-state index contributed by atoms with van der Waals surface area (Å²) in [6, 6.07) is 6.94. The lowest BCUT2D eigenvalue weighted by molar-refractivity contribution is 0.122. The monoisotopic (exact) mass is 301 g/mol. The van der Waals surface area contributed by atoms with Crippen molar-refractivity contribution in [2.75, 3.05) is 46.1 Å². The molecule has 0 aliphatic rings. The maximum Gasteiger partial charge on any atom is 0.215 e. The summed E-state index contributed by atoms with van der Waals surface area (Å²) >= 11 is 0. The van der Waals surface area contributed by atoms with Crippen LogP contribution in [0.4, 0.5) is 5.69 Å². The molecule has 0 radical (unpaired) electrons. The van der Waals surface area contributed by atoms with Crippen molar-refractivity contribution in [2.24, 2.45) is 0 Å². The quantitative estimate of drug-likeness (QED) is 0.505. The van der Waals surface area contributed by atoms with E-state index in [1.807, 2.05) is 19.0 Å². The molecule has 0 aliphatic heterocycles. The third-order valence-corrected chi connectivity index (χ3v) is 3.99. The summed E-state index contributed by atoms with van der Waals surface area (Å²) < 4.78 is 31.5. The maximum absolute atomic E-state index is 11.9. The van der Waals surface area contributed by atoms with Crippen LogP contribution < -0.4 is 10.5 Å². The molecule has 6 nitrogen and oxygen atoms in total. The third kappa shape index (κ3) is 6.85. The average Bonchev–Trinajstić information content (AvgIpc) is 2.36. The van der Waals surface area contributed by atoms with E-state index in [1.165, 1.54) is 0 Å². The fourth-order valence-electron chi connectivity index (χ4n) is 1.54. The van der Waals surface area contributed by atoms with E-state index in [0.717, 1.165) is 6.54 Å². The van der Waals surface area contributed by atoms with Crippen molar-refractivity contribution in [1.82, 2.24) is 9.62 Å². The molecule has 1 rings (SSSR count). The van der Waals surface area contributed by atoms with Crippen LogP contribution >= 0.6 is 0 Å². The van der Waals surface area contributed by atoms with Crippen LogP contribution in [0, 0.1) is 0 Å². The molecule has 1 aromatic rings. The minimum absolute atomic E-state index is 0.114. The Morgan fingerprint density at radius 1 is 1.25 bits per heavy atom. The highest BCUT2D eigenvalue weighted by molar-refractivity contribution is 7.88. The lowest BCUT2D eigenvalue weighted by atomic mass is 10.2. The zero-order valence-electron chi connectivity index (χ0n) is 12.0. The van der Waals surface area contributed by atoms with Crippen LogP contribution in [-0.2, 0) is 20.5 Å². The summed E-state index contributed by atoms with van der Waals surface area (Å²) in [4.78, 5) is 2.00. The Morgan fingerprint density at radius 3 is 2.60 bits per heavy atom. The van der Waals surface area contributed by atoms with E-state index in [1.54, 1.807) is 24.3 Å². The molecular formula is C13H23N3O3S. The van der Waals surface area contributed by atoms with Gasteiger partial charge in [-0.1, -0.05) is 18.2 Å². The first-order chi connectivity index (χ1) is 9.41. The van der Waals surface area contributed by atoms with Crippen LogP contribution in [0.15, 0.2) is 24.3 Å². The van der Waals surface area contributed by atoms with Gasteiger partial charge in [0.25, 0.3) is 0 Å². The SMILES string of the molecule is CN(C)CCOCCNS(=O)(=O)Cc1ccccc1N. The van der Waals surface area contributed by atoms with Gasteiger partial charge in [-0.2, -0.15) is 0 Å². The first-order valence-corrected chi connectivity index (χ1v) is 8.09. The molecule has 0 unspecified atom stereocenters. The molecule has 0 bridgehead atoms. The second-order valence-corrected chi connectivity index (χ2v) is 6.57. The van der Waals surface area contributed by atoms with Crippen LogP contribution in [0.25, 0.3) is 0 Å². The molecule has 20 heavy (non-hydrogen) atoms. The van der Waals surface area contributed by atoms with Crippen LogP contribution in [0.1, 0.15) is 5.56 Å². The number of ether oxygens (including phenoxy) is 1. The summed E-state index contributed by atoms with van der Waals surface area (Å²) in [6.45, 7) is 2.02. The van der Waals surface area contributed by atoms with Crippen molar-refractivity contribution in [2.45, 2.75) is 5.75 Å². The molecule has 0 heterocycles. The number of nitrogens with zero attached hydrogens (tertiary/aromatic N) is 1. The smallest absolute Gasteiger partial charge is 0.215 e. The van der Waals surface area contributed by atoms with Crippen LogP contribution in [-0.4, -0.2) is 53.7 Å². The molecule has 0 fully saturated rings. The van der Waals surface area contributed by atoms with Gasteiger partial charge in [-0.05, 0) is 25.7 Å². The third-order valence-electron chi connectivity index (χ3n) is 2.65. The van der Waals surface area contributed by atoms with Crippen molar-refractivity contribution in [3.8, 4) is 0 Å². The van der Waals surface area contributed by atoms with Gasteiger partial charge < -0.3 is 15.4 Å². The zero-order chi connectivity index (χ0) is 15.0. The number of para-hydroxylation sites is 1. The second kappa shape index (κ2) is 8.21. The number of sulfonamides is 1. The van der Waals surface area contributed by atoms with Crippen LogP contribution in [0.5, 0.6) is 0 Å². The highest BCUT2D eigenvalue weighted by atomic mass is 32.2. The fraction of sp³-hybridized carbons (Fsp3) is 0.538. The Labute approximate surface area is 121 Å². The summed E-state index contributed by atoms with van der Waals surface area (Å²) in [5.41, 5.74) is 6.82. The predicted octanol–water partition coefficient (Wildman–Crippen LogP) is 0.266. The van der Waals surface area contributed by atoms with Crippen molar-refractivity contribution >= 4 is 15.7 Å². The van der Waals surface area contributed by atoms with E-state index in [0.29, 0.717) is 24.5 Å². The van der Waals surface area contributed by atoms with E-state index in [2.05, 4.69) is 4.72 Å². The standard InChI is InChI=1S/C13H23N3O3S/c1-16(2)8-10-19-9-7-15-20(17,18)11-12-5-3-4-6-13(12)14/h3-6,15H,7-11,14H2,1-2H3. The highest BCUT2D eigenvalue weighted by Crippen LogP contribution is 2.13. The Bertz CT molecular complexity index is 503. The normalized spacial score (nSPS) is 11.9. The Morgan fingerprint density at radius 2 is 1.95 bits per heavy atom. The van der Waals surface area contributed by atoms with E-state index in [9.17, 15) is 8.42 Å². The fourth-order valence-corrected chi connectivity index (χ4v) is 2.71. The Hall–Kier alpha value is -1.15. The molecule has 0 aromatic heterocycles. The largest absolute Gasteiger partial charge is 0.398 e. The van der Waals surface area contributed by atoms with Gasteiger partial charge in [0.2, 0.25) is 10.0 Å². The molecule has 0 aliphatic carbocycles. The van der Waals surface area contributed by atoms with Gasteiger partial charge in [0.05, 0.1) is 19.0 Å². The first kappa shape index (κ1) is 16.9. The number of hydrogen-bond donors (Lipinski definition) is 2. The minimum atomic E-state index is -3.38. The number of benzene rings is 1. The van der Waals surface area contributed by atoms with Gasteiger partial charge in [-0.25, -0.2) is 13.1 Å². The molecule has 7 heteroatoms. The maximum atomic E-state index is 11.9. The van der Waals surface area contributed by atoms with E-state index < -0.39 is 10.0 Å². The van der Waals surface area contributed by atoms with Crippen LogP contribution in [0.3, 0.4) is 0 Å². The zero-order valence-corrected chi connectivity index (χ0v) is 12.8. The minimum Gasteiger partial charge on any atom is -0.398 e. The number of rotatable bonds is 9. The Balaban J connectivity index is 2.30. The summed E-state index contributed by atoms with van der Waals surface area (Å²) in [6.07, 6.45) is 0. The van der Waals surface area contributed by atoms with Gasteiger partial charge in [0.15, 0.2) is 0 Å². The number of nitrogens with two attached hydrogens (primary N) is 1. The molecule has 0 saturated heterocycles. The lowest BCUT2D eigenvalue weighted by Crippen LogP contribution is -2.29. The first-order valence-electron chi connectivity index (χ1n) is 6.44. The van der Waals surface area contributed by atoms with Gasteiger partial charge >= 0.3 is 0 Å². The second-order valence-electron chi connectivity index (χ2n) is 4.77. The number of likely N-dealkylation sites (N-methyl/N-ethyl adjacent to an activating group) is 1. The molecule has 0 saturated carbocycles. The molecule has 1 aromatic carbocycles. The summed E-state index contributed by atoms with van der Waals surface area (Å²) in [5.74, 6) is -0.114. The number of nitrogens with one attached hydrogen (secondary N) is 1. The lowest BCUT2D eigenvalue weighted by Gasteiger charge is -2.11. The van der Waals surface area contributed by atoms with E-state index in [-0.39, 0.29) is 12.3 Å². The molecule has 0 atom stereocenters. The van der Waals surface area contributed by atoms with Gasteiger partial charge in [-0.3, -0.25) is 0 Å². The van der Waals surface area contributed by atoms with Crippen LogP contribution in [0.2, 0.25) is 0 Å². The molecular weight excluding hydrogens is 278 g/mol. The van der Waals surface area contributed by atoms with Gasteiger partial charge in [0.1, 0.15) is 0 Å². The average molecular weight is 301 g/mol. The Kier molecular flexibility index (Phi) is 6.94. The van der Waals surface area contributed by atoms with Crippen molar-refractivity contribution in [3.63, 3.8) is 0 Å². The van der Waals surface area contributed by atoms with E-state index in [4.69, 9.17) is 10.5 Å². The highest BCUT2D eigenvalue weighted by Gasteiger charge is 2.12. The number of hydrogen-bond acceptors (Lipinski definition) is 5. The number of anilines is 1. The van der Waals surface area contributed by atoms with Gasteiger partial charge in [0, 0.05) is 18.8 Å². The van der Waals surface area contributed by atoms with Crippen molar-refractivity contribution < 1.29 is 13.2 Å². The summed E-state index contributed by atoms with van der Waals surface area (Å²) in [7, 11) is 0.528. The van der Waals surface area contributed by atoms with Crippen molar-refractivity contribution in [1.29, 1.82) is 0 Å².